The first kappa shape index (κ1) is 14.2. The second-order valence-corrected chi connectivity index (χ2v) is 4.05. The Bertz CT molecular complexity index is 385. The highest BCUT2D eigenvalue weighted by Gasteiger charge is 1.94. The molecule has 0 aliphatic carbocycles. The fourth-order valence-corrected chi connectivity index (χ4v) is 1.39. The molecule has 0 bridgehead atoms. The van der Waals surface area contributed by atoms with Crippen LogP contribution in [0, 0.1) is 0 Å². The first-order valence-corrected chi connectivity index (χ1v) is 6.25. The summed E-state index contributed by atoms with van der Waals surface area (Å²) in [7, 11) is 0. The maximum absolute atomic E-state index is 10.6. The first-order chi connectivity index (χ1) is 8.72. The zero-order valence-electron chi connectivity index (χ0n) is 11.0. The van der Waals surface area contributed by atoms with Crippen LogP contribution in [0.4, 0.5) is 0 Å². The summed E-state index contributed by atoms with van der Waals surface area (Å²) in [5.74, 6) is 0.685. The lowest BCUT2D eigenvalue weighted by molar-refractivity contribution is -0.118. The molecule has 0 atom stereocenters. The van der Waals surface area contributed by atoms with Gasteiger partial charge in [0.2, 0.25) is 5.91 Å². The van der Waals surface area contributed by atoms with Crippen LogP contribution in [0.3, 0.4) is 0 Å². The number of rotatable bonds is 7. The van der Waals surface area contributed by atoms with E-state index in [9.17, 15) is 4.79 Å². The number of nitrogens with one attached hydrogen (secondary N) is 1. The van der Waals surface area contributed by atoms with Gasteiger partial charge in [-0.25, -0.2) is 5.43 Å². The summed E-state index contributed by atoms with van der Waals surface area (Å²) < 4.78 is 5.59. The molecule has 1 aromatic rings. The number of carbonyl (C=O) groups is 1. The highest BCUT2D eigenvalue weighted by molar-refractivity contribution is 5.81. The maximum Gasteiger partial charge on any atom is 0.236 e. The maximum atomic E-state index is 10.6. The smallest absolute Gasteiger partial charge is 0.236 e. The third kappa shape index (κ3) is 6.03. The van der Waals surface area contributed by atoms with Crippen molar-refractivity contribution in [1.29, 1.82) is 0 Å². The van der Waals surface area contributed by atoms with E-state index in [0.717, 1.165) is 24.3 Å². The number of carbonyl (C=O) groups excluding carboxylic acids is 1. The van der Waals surface area contributed by atoms with Crippen molar-refractivity contribution < 1.29 is 9.53 Å². The second-order valence-electron chi connectivity index (χ2n) is 4.05. The van der Waals surface area contributed by atoms with Crippen LogP contribution >= 0.6 is 0 Å². The van der Waals surface area contributed by atoms with Gasteiger partial charge in [-0.1, -0.05) is 19.8 Å². The molecule has 0 radical (unpaired) electrons. The van der Waals surface area contributed by atoms with Crippen LogP contribution in [0.1, 0.15) is 38.7 Å². The average molecular weight is 248 g/mol. The lowest BCUT2D eigenvalue weighted by Crippen LogP contribution is -2.12. The molecule has 0 aliphatic rings. The van der Waals surface area contributed by atoms with E-state index in [4.69, 9.17) is 4.74 Å². The molecule has 1 N–H and O–H groups in total. The van der Waals surface area contributed by atoms with Crippen molar-refractivity contribution >= 4 is 12.1 Å². The molecule has 0 spiro atoms. The van der Waals surface area contributed by atoms with Gasteiger partial charge in [0, 0.05) is 6.92 Å². The van der Waals surface area contributed by atoms with Gasteiger partial charge in [-0.2, -0.15) is 5.10 Å². The van der Waals surface area contributed by atoms with Gasteiger partial charge in [0.25, 0.3) is 0 Å². The van der Waals surface area contributed by atoms with Crippen molar-refractivity contribution in [2.75, 3.05) is 6.61 Å². The van der Waals surface area contributed by atoms with E-state index >= 15 is 0 Å². The highest BCUT2D eigenvalue weighted by Crippen LogP contribution is 2.11. The lowest BCUT2D eigenvalue weighted by Gasteiger charge is -2.05. The molecule has 0 saturated carbocycles. The Morgan fingerprint density at radius 3 is 2.67 bits per heavy atom. The van der Waals surface area contributed by atoms with Gasteiger partial charge in [0.05, 0.1) is 12.8 Å². The monoisotopic (exact) mass is 248 g/mol. The van der Waals surface area contributed by atoms with Crippen LogP contribution in [0.15, 0.2) is 29.4 Å². The molecule has 1 amide bonds. The van der Waals surface area contributed by atoms with Gasteiger partial charge >= 0.3 is 0 Å². The van der Waals surface area contributed by atoms with E-state index in [2.05, 4.69) is 17.5 Å². The van der Waals surface area contributed by atoms with Gasteiger partial charge in [0.1, 0.15) is 5.75 Å². The summed E-state index contributed by atoms with van der Waals surface area (Å²) in [6.07, 6.45) is 5.08. The number of amides is 1. The second kappa shape index (κ2) is 8.28. The molecule has 0 saturated heterocycles. The molecule has 1 rings (SSSR count). The van der Waals surface area contributed by atoms with Crippen LogP contribution in [0.5, 0.6) is 5.75 Å². The predicted octanol–water partition coefficient (Wildman–Crippen LogP) is 2.73. The Labute approximate surface area is 108 Å². The largest absolute Gasteiger partial charge is 0.494 e. The quantitative estimate of drug-likeness (QED) is 0.458. The summed E-state index contributed by atoms with van der Waals surface area (Å²) in [4.78, 5) is 10.6. The molecule has 1 aromatic carbocycles. The van der Waals surface area contributed by atoms with Gasteiger partial charge in [-0.05, 0) is 36.2 Å². The molecule has 0 fully saturated rings. The van der Waals surface area contributed by atoms with Crippen molar-refractivity contribution in [2.24, 2.45) is 5.10 Å². The van der Waals surface area contributed by atoms with Gasteiger partial charge < -0.3 is 4.74 Å². The molecule has 0 unspecified atom stereocenters. The van der Waals surface area contributed by atoms with Crippen LogP contribution in [0.2, 0.25) is 0 Å². The minimum atomic E-state index is -0.179. The topological polar surface area (TPSA) is 50.7 Å². The van der Waals surface area contributed by atoms with Gasteiger partial charge in [0.15, 0.2) is 0 Å². The van der Waals surface area contributed by atoms with Crippen LogP contribution < -0.4 is 10.2 Å². The number of ether oxygens (including phenoxy) is 1. The summed E-state index contributed by atoms with van der Waals surface area (Å²) in [6, 6.07) is 7.61. The molecule has 0 aliphatic heterocycles. The summed E-state index contributed by atoms with van der Waals surface area (Å²) in [6.45, 7) is 4.35. The number of nitrogens with zero attached hydrogens (tertiary/aromatic N) is 1. The van der Waals surface area contributed by atoms with Crippen molar-refractivity contribution in [3.63, 3.8) is 0 Å². The van der Waals surface area contributed by atoms with E-state index in [1.54, 1.807) is 6.21 Å². The Balaban J connectivity index is 2.37. The molecular formula is C14H20N2O2. The van der Waals surface area contributed by atoms with Crippen molar-refractivity contribution in [3.8, 4) is 5.75 Å². The van der Waals surface area contributed by atoms with E-state index in [1.807, 2.05) is 24.3 Å². The Hall–Kier alpha value is -1.84. The molecule has 98 valence electrons. The summed E-state index contributed by atoms with van der Waals surface area (Å²) in [5.41, 5.74) is 3.28. The Morgan fingerprint density at radius 2 is 2.06 bits per heavy atom. The number of hydrazone groups is 1. The average Bonchev–Trinajstić information content (AvgIpc) is 2.36. The molecule has 4 heteroatoms. The number of hydrogen-bond acceptors (Lipinski definition) is 3. The van der Waals surface area contributed by atoms with E-state index in [-0.39, 0.29) is 5.91 Å². The lowest BCUT2D eigenvalue weighted by atomic mass is 10.2. The summed E-state index contributed by atoms with van der Waals surface area (Å²) in [5, 5.41) is 3.79. The van der Waals surface area contributed by atoms with Crippen LogP contribution in [-0.2, 0) is 4.79 Å². The van der Waals surface area contributed by atoms with Gasteiger partial charge in [-0.3, -0.25) is 4.79 Å². The minimum absolute atomic E-state index is 0.179. The molecule has 18 heavy (non-hydrogen) atoms. The number of unbranched alkanes of at least 4 members (excludes halogenated alkanes) is 2. The predicted molar refractivity (Wildman–Crippen MR) is 72.9 cm³/mol. The van der Waals surface area contributed by atoms with E-state index in [1.165, 1.54) is 19.8 Å². The van der Waals surface area contributed by atoms with Crippen molar-refractivity contribution in [2.45, 2.75) is 33.1 Å². The first-order valence-electron chi connectivity index (χ1n) is 6.25. The van der Waals surface area contributed by atoms with Crippen LogP contribution in [0.25, 0.3) is 0 Å². The SMILES string of the molecule is CCCCCOc1ccc(/C=N\NC(C)=O)cc1. The molecule has 0 aromatic heterocycles. The summed E-state index contributed by atoms with van der Waals surface area (Å²) >= 11 is 0. The van der Waals surface area contributed by atoms with Gasteiger partial charge in [-0.15, -0.1) is 0 Å². The number of benzene rings is 1. The third-order valence-electron chi connectivity index (χ3n) is 2.33. The standard InChI is InChI=1S/C14H20N2O2/c1-3-4-5-10-18-14-8-6-13(7-9-14)11-15-16-12(2)17/h6-9,11H,3-5,10H2,1-2H3,(H,16,17)/b15-11-. The Morgan fingerprint density at radius 1 is 1.33 bits per heavy atom. The zero-order chi connectivity index (χ0) is 13.2. The molecule has 4 nitrogen and oxygen atoms in total. The molecular weight excluding hydrogens is 228 g/mol. The van der Waals surface area contributed by atoms with E-state index in [0.29, 0.717) is 0 Å². The number of hydrogen-bond donors (Lipinski definition) is 1. The Kier molecular flexibility index (Phi) is 6.54. The van der Waals surface area contributed by atoms with E-state index < -0.39 is 0 Å². The van der Waals surface area contributed by atoms with Crippen LogP contribution in [-0.4, -0.2) is 18.7 Å². The minimum Gasteiger partial charge on any atom is -0.494 e. The zero-order valence-corrected chi connectivity index (χ0v) is 11.0. The fraction of sp³-hybridized carbons (Fsp3) is 0.429. The van der Waals surface area contributed by atoms with Crippen molar-refractivity contribution in [3.05, 3.63) is 29.8 Å². The van der Waals surface area contributed by atoms with Crippen molar-refractivity contribution in [1.82, 2.24) is 5.43 Å². The third-order valence-corrected chi connectivity index (χ3v) is 2.33. The normalized spacial score (nSPS) is 10.6. The highest BCUT2D eigenvalue weighted by atomic mass is 16.5. The molecule has 0 heterocycles. The fourth-order valence-electron chi connectivity index (χ4n) is 1.39.